The Balaban J connectivity index is 2.69. The lowest BCUT2D eigenvalue weighted by Crippen LogP contribution is -2.01. The molecule has 1 rings (SSSR count). The van der Waals surface area contributed by atoms with Crippen LogP contribution in [0.3, 0.4) is 0 Å². The van der Waals surface area contributed by atoms with Gasteiger partial charge in [-0.2, -0.15) is 5.26 Å². The van der Waals surface area contributed by atoms with Crippen molar-refractivity contribution in [1.29, 1.82) is 5.26 Å². The Morgan fingerprint density at radius 2 is 2.62 bits per heavy atom. The number of hydrogen-bond acceptors (Lipinski definition) is 3. The van der Waals surface area contributed by atoms with Crippen molar-refractivity contribution in [2.45, 2.75) is 0 Å². The van der Waals surface area contributed by atoms with Gasteiger partial charge in [0.1, 0.15) is 6.07 Å². The van der Waals surface area contributed by atoms with E-state index in [0.717, 1.165) is 0 Å². The molecule has 0 N–H and O–H groups in total. The molecule has 1 aliphatic heterocycles. The molecule has 1 heterocycles. The van der Waals surface area contributed by atoms with Crippen LogP contribution in [0.25, 0.3) is 0 Å². The largest absolute Gasteiger partial charge is 0.492 e. The molecule has 0 radical (unpaired) electrons. The summed E-state index contributed by atoms with van der Waals surface area (Å²) in [6, 6.07) is 1.86. The molecule has 0 aromatic heterocycles. The topological polar surface area (TPSA) is 45.4 Å². The average Bonchev–Trinajstić information content (AvgIpc) is 1.66. The highest BCUT2D eigenvalue weighted by Crippen LogP contribution is 2.11. The molecular weight excluding hydrogens is 104 g/mol. The summed E-state index contributed by atoms with van der Waals surface area (Å²) >= 11 is 0. The van der Waals surface area contributed by atoms with Crippen LogP contribution in [0.4, 0.5) is 0 Å². The summed E-state index contributed by atoms with van der Waals surface area (Å²) in [5.74, 6) is 0.576. The maximum Gasteiger partial charge on any atom is 0.184 e. The summed E-state index contributed by atoms with van der Waals surface area (Å²) in [4.78, 5) is 3.61. The van der Waals surface area contributed by atoms with Gasteiger partial charge in [-0.1, -0.05) is 0 Å². The molecule has 0 unspecified atom stereocenters. The van der Waals surface area contributed by atoms with Gasteiger partial charge in [-0.25, -0.2) is 4.99 Å². The number of nitrogens with zero attached hydrogens (tertiary/aromatic N) is 2. The number of methoxy groups -OCH3 is 1. The summed E-state index contributed by atoms with van der Waals surface area (Å²) in [5, 5.41) is 8.19. The van der Waals surface area contributed by atoms with Crippen molar-refractivity contribution in [2.24, 2.45) is 4.99 Å². The third-order valence-electron chi connectivity index (χ3n) is 0.870. The number of hydrogen-bond donors (Lipinski definition) is 0. The Kier molecular flexibility index (Phi) is 1.01. The van der Waals surface area contributed by atoms with Crippen LogP contribution in [-0.2, 0) is 4.74 Å². The molecule has 8 heavy (non-hydrogen) atoms. The highest BCUT2D eigenvalue weighted by molar-refractivity contribution is 5.86. The Labute approximate surface area is 46.9 Å². The van der Waals surface area contributed by atoms with Crippen LogP contribution < -0.4 is 0 Å². The average molecular weight is 108 g/mol. The van der Waals surface area contributed by atoms with Gasteiger partial charge in [0.15, 0.2) is 11.5 Å². The smallest absolute Gasteiger partial charge is 0.184 e. The van der Waals surface area contributed by atoms with Crippen molar-refractivity contribution < 1.29 is 4.74 Å². The monoisotopic (exact) mass is 108 g/mol. The molecule has 0 amide bonds. The van der Waals surface area contributed by atoms with Gasteiger partial charge >= 0.3 is 0 Å². The van der Waals surface area contributed by atoms with Crippen LogP contribution in [0.15, 0.2) is 16.4 Å². The van der Waals surface area contributed by atoms with E-state index in [-0.39, 0.29) is 0 Å². The third-order valence-corrected chi connectivity index (χ3v) is 0.870. The zero-order valence-electron chi connectivity index (χ0n) is 4.38. The Morgan fingerprint density at radius 1 is 1.88 bits per heavy atom. The Morgan fingerprint density at radius 3 is 2.75 bits per heavy atom. The summed E-state index contributed by atoms with van der Waals surface area (Å²) in [6.07, 6.45) is 1.51. The van der Waals surface area contributed by atoms with Gasteiger partial charge in [0.25, 0.3) is 0 Å². The van der Waals surface area contributed by atoms with Gasteiger partial charge < -0.3 is 4.74 Å². The van der Waals surface area contributed by atoms with Crippen molar-refractivity contribution in [1.82, 2.24) is 0 Å². The van der Waals surface area contributed by atoms with E-state index in [4.69, 9.17) is 10.00 Å². The van der Waals surface area contributed by atoms with Crippen LogP contribution in [0.2, 0.25) is 0 Å². The van der Waals surface area contributed by atoms with Gasteiger partial charge in [0.2, 0.25) is 0 Å². The number of aliphatic imine (C=N–C) groups is 1. The number of allylic oxidation sites excluding steroid dienone is 2. The zero-order chi connectivity index (χ0) is 5.98. The Hall–Kier alpha value is -1.30. The molecule has 0 aromatic rings. The van der Waals surface area contributed by atoms with E-state index in [1.807, 2.05) is 6.07 Å². The summed E-state index contributed by atoms with van der Waals surface area (Å²) in [7, 11) is 1.51. The first kappa shape index (κ1) is 4.85. The molecule has 0 saturated carbocycles. The second-order valence-electron chi connectivity index (χ2n) is 1.29. The maximum absolute atomic E-state index is 8.19. The van der Waals surface area contributed by atoms with E-state index in [1.165, 1.54) is 13.3 Å². The molecule has 3 heteroatoms. The molecular formula is C5H4N2O. The Bertz CT molecular complexity index is 197. The standard InChI is InChI=1S/C5H4N2O/c1-8-5-3-7-4(5)2-6/h3H,1H3. The van der Waals surface area contributed by atoms with Crippen molar-refractivity contribution in [3.63, 3.8) is 0 Å². The van der Waals surface area contributed by atoms with E-state index in [0.29, 0.717) is 11.5 Å². The van der Waals surface area contributed by atoms with Crippen molar-refractivity contribution in [3.05, 3.63) is 11.5 Å². The fourth-order valence-corrected chi connectivity index (χ4v) is 0.415. The molecule has 0 aliphatic carbocycles. The van der Waals surface area contributed by atoms with Crippen LogP contribution in [0.5, 0.6) is 0 Å². The molecule has 0 atom stereocenters. The second-order valence-corrected chi connectivity index (χ2v) is 1.29. The third kappa shape index (κ3) is 0.470. The van der Waals surface area contributed by atoms with Gasteiger partial charge in [-0.05, 0) is 0 Å². The lowest BCUT2D eigenvalue weighted by Gasteiger charge is -2.05. The van der Waals surface area contributed by atoms with Gasteiger partial charge in [-0.3, -0.25) is 0 Å². The highest BCUT2D eigenvalue weighted by atomic mass is 16.5. The van der Waals surface area contributed by atoms with E-state index in [1.54, 1.807) is 0 Å². The first-order valence-electron chi connectivity index (χ1n) is 2.11. The molecule has 0 spiro atoms. The lowest BCUT2D eigenvalue weighted by atomic mass is 10.3. The van der Waals surface area contributed by atoms with Crippen molar-refractivity contribution in [2.75, 3.05) is 7.11 Å². The van der Waals surface area contributed by atoms with Gasteiger partial charge in [0, 0.05) is 0 Å². The van der Waals surface area contributed by atoms with Crippen LogP contribution in [-0.4, -0.2) is 13.3 Å². The predicted octanol–water partition coefficient (Wildman–Crippen LogP) is 0.452. The quantitative estimate of drug-likeness (QED) is 0.489. The van der Waals surface area contributed by atoms with Crippen LogP contribution in [0.1, 0.15) is 0 Å². The van der Waals surface area contributed by atoms with Crippen molar-refractivity contribution in [3.8, 4) is 6.07 Å². The van der Waals surface area contributed by atoms with Crippen molar-refractivity contribution >= 4 is 6.21 Å². The minimum absolute atomic E-state index is 0.382. The minimum atomic E-state index is 0.382. The zero-order valence-corrected chi connectivity index (χ0v) is 4.38. The van der Waals surface area contributed by atoms with E-state index < -0.39 is 0 Å². The van der Waals surface area contributed by atoms with E-state index in [9.17, 15) is 0 Å². The molecule has 0 bridgehead atoms. The predicted molar refractivity (Wildman–Crippen MR) is 28.1 cm³/mol. The maximum atomic E-state index is 8.19. The molecule has 0 fully saturated rings. The normalized spacial score (nSPS) is 15.0. The molecule has 40 valence electrons. The van der Waals surface area contributed by atoms with Crippen LogP contribution in [0, 0.1) is 11.3 Å². The SMILES string of the molecule is COC1=C(C#N)N=C1. The van der Waals surface area contributed by atoms with Gasteiger partial charge in [0.05, 0.1) is 13.3 Å². The fourth-order valence-electron chi connectivity index (χ4n) is 0.415. The lowest BCUT2D eigenvalue weighted by molar-refractivity contribution is 0.309. The fraction of sp³-hybridized carbons (Fsp3) is 0.200. The van der Waals surface area contributed by atoms with Crippen LogP contribution >= 0.6 is 0 Å². The first-order chi connectivity index (χ1) is 3.88. The molecule has 1 aliphatic rings. The minimum Gasteiger partial charge on any atom is -0.492 e. The summed E-state index contributed by atoms with van der Waals surface area (Å²) < 4.78 is 4.70. The number of nitriles is 1. The molecule has 3 nitrogen and oxygen atoms in total. The first-order valence-corrected chi connectivity index (χ1v) is 2.11. The number of rotatable bonds is 1. The molecule has 0 saturated heterocycles. The molecule has 0 aromatic carbocycles. The number of ether oxygens (including phenoxy) is 1. The van der Waals surface area contributed by atoms with E-state index in [2.05, 4.69) is 4.99 Å². The summed E-state index contributed by atoms with van der Waals surface area (Å²) in [6.45, 7) is 0. The summed E-state index contributed by atoms with van der Waals surface area (Å²) in [5.41, 5.74) is 0.382. The van der Waals surface area contributed by atoms with E-state index >= 15 is 0 Å². The van der Waals surface area contributed by atoms with Gasteiger partial charge in [-0.15, -0.1) is 0 Å². The second kappa shape index (κ2) is 1.66. The highest BCUT2D eigenvalue weighted by Gasteiger charge is 2.09.